The first kappa shape index (κ1) is 9.45. The lowest BCUT2D eigenvalue weighted by atomic mass is 9.95. The first-order valence-corrected chi connectivity index (χ1v) is 4.13. The van der Waals surface area contributed by atoms with Crippen LogP contribution >= 0.6 is 0 Å². The molecule has 1 fully saturated rings. The third-order valence-electron chi connectivity index (χ3n) is 2.12. The number of carboxylic acids is 1. The highest BCUT2D eigenvalue weighted by Gasteiger charge is 2.25. The second kappa shape index (κ2) is 4.40. The van der Waals surface area contributed by atoms with Gasteiger partial charge in [-0.05, 0) is 6.42 Å². The molecule has 0 saturated carbocycles. The van der Waals surface area contributed by atoms with Crippen LogP contribution < -0.4 is 0 Å². The van der Waals surface area contributed by atoms with Gasteiger partial charge in [0, 0.05) is 25.6 Å². The van der Waals surface area contributed by atoms with Crippen LogP contribution in [-0.4, -0.2) is 30.5 Å². The van der Waals surface area contributed by atoms with Gasteiger partial charge in [0.05, 0.1) is 6.42 Å². The van der Waals surface area contributed by atoms with E-state index in [4.69, 9.17) is 9.84 Å². The molecule has 0 amide bonds. The Morgan fingerprint density at radius 2 is 2.17 bits per heavy atom. The summed E-state index contributed by atoms with van der Waals surface area (Å²) >= 11 is 0. The summed E-state index contributed by atoms with van der Waals surface area (Å²) in [5.41, 5.74) is 0. The summed E-state index contributed by atoms with van der Waals surface area (Å²) in [7, 11) is 0. The number of hydrogen-bond donors (Lipinski definition) is 1. The summed E-state index contributed by atoms with van der Waals surface area (Å²) in [6, 6.07) is 0. The summed E-state index contributed by atoms with van der Waals surface area (Å²) in [6.07, 6.45) is -0.237. The Labute approximate surface area is 70.5 Å². The Kier molecular flexibility index (Phi) is 3.47. The number of hydrogen-bond acceptors (Lipinski definition) is 2. The molecule has 1 rings (SSSR count). The second-order valence-corrected chi connectivity index (χ2v) is 3.06. The number of alkyl halides is 1. The van der Waals surface area contributed by atoms with Crippen molar-refractivity contribution in [1.82, 2.24) is 0 Å². The van der Waals surface area contributed by atoms with Crippen LogP contribution in [0.25, 0.3) is 0 Å². The van der Waals surface area contributed by atoms with Gasteiger partial charge in [0.15, 0.2) is 0 Å². The Morgan fingerprint density at radius 1 is 1.50 bits per heavy atom. The predicted molar refractivity (Wildman–Crippen MR) is 40.7 cm³/mol. The van der Waals surface area contributed by atoms with Crippen molar-refractivity contribution in [1.29, 1.82) is 0 Å². The highest BCUT2D eigenvalue weighted by Crippen LogP contribution is 2.22. The molecule has 1 saturated heterocycles. The van der Waals surface area contributed by atoms with Gasteiger partial charge >= 0.3 is 5.97 Å². The van der Waals surface area contributed by atoms with Crippen molar-refractivity contribution in [3.8, 4) is 0 Å². The molecule has 1 aliphatic rings. The lowest BCUT2D eigenvalue weighted by Gasteiger charge is -2.14. The van der Waals surface area contributed by atoms with Crippen LogP contribution in [0.15, 0.2) is 0 Å². The van der Waals surface area contributed by atoms with Gasteiger partial charge in [0.2, 0.25) is 0 Å². The maximum atomic E-state index is 13.1. The number of rotatable bonds is 2. The molecule has 3 nitrogen and oxygen atoms in total. The van der Waals surface area contributed by atoms with Gasteiger partial charge in [0.1, 0.15) is 6.17 Å². The molecular formula is C8H13FO3. The highest BCUT2D eigenvalue weighted by molar-refractivity contribution is 5.67. The van der Waals surface area contributed by atoms with Gasteiger partial charge in [-0.15, -0.1) is 0 Å². The predicted octanol–water partition coefficient (Wildman–Crippen LogP) is 1.23. The van der Waals surface area contributed by atoms with E-state index in [0.717, 1.165) is 0 Å². The smallest absolute Gasteiger partial charge is 0.303 e. The third kappa shape index (κ3) is 2.77. The van der Waals surface area contributed by atoms with Crippen molar-refractivity contribution in [2.75, 3.05) is 13.2 Å². The van der Waals surface area contributed by atoms with Crippen molar-refractivity contribution in [3.63, 3.8) is 0 Å². The quantitative estimate of drug-likeness (QED) is 0.688. The van der Waals surface area contributed by atoms with Crippen molar-refractivity contribution < 1.29 is 19.0 Å². The summed E-state index contributed by atoms with van der Waals surface area (Å²) in [5, 5.41) is 8.47. The molecule has 2 atom stereocenters. The zero-order valence-corrected chi connectivity index (χ0v) is 6.83. The molecule has 4 heteroatoms. The largest absolute Gasteiger partial charge is 0.481 e. The fraction of sp³-hybridized carbons (Fsp3) is 0.875. The van der Waals surface area contributed by atoms with Crippen molar-refractivity contribution in [2.24, 2.45) is 5.92 Å². The monoisotopic (exact) mass is 176 g/mol. The maximum Gasteiger partial charge on any atom is 0.303 e. The minimum absolute atomic E-state index is 0.0788. The summed E-state index contributed by atoms with van der Waals surface area (Å²) in [6.45, 7) is 0.898. The molecule has 0 aromatic rings. The van der Waals surface area contributed by atoms with Crippen LogP contribution in [-0.2, 0) is 9.53 Å². The van der Waals surface area contributed by atoms with Gasteiger partial charge in [0.25, 0.3) is 0 Å². The van der Waals surface area contributed by atoms with Gasteiger partial charge in [-0.3, -0.25) is 4.79 Å². The zero-order valence-electron chi connectivity index (χ0n) is 6.83. The number of aliphatic carboxylic acids is 1. The summed E-state index contributed by atoms with van der Waals surface area (Å²) in [4.78, 5) is 10.3. The second-order valence-electron chi connectivity index (χ2n) is 3.06. The number of carboxylic acid groups (broad SMARTS) is 1. The highest BCUT2D eigenvalue weighted by atomic mass is 19.1. The standard InChI is InChI=1S/C8H13FO3/c9-7-2-4-12-3-1-6(7)5-8(10)11/h6-7H,1-5H2,(H,10,11)/t6-,7-/m1/s1. The van der Waals surface area contributed by atoms with Crippen LogP contribution in [0.4, 0.5) is 4.39 Å². The molecular weight excluding hydrogens is 163 g/mol. The minimum atomic E-state index is -1.01. The Balaban J connectivity index is 2.41. The van der Waals surface area contributed by atoms with E-state index in [1.54, 1.807) is 0 Å². The van der Waals surface area contributed by atoms with Gasteiger partial charge in [-0.25, -0.2) is 4.39 Å². The first-order chi connectivity index (χ1) is 5.70. The van der Waals surface area contributed by atoms with E-state index >= 15 is 0 Å². The molecule has 0 aliphatic carbocycles. The molecule has 0 unspecified atom stereocenters. The van der Waals surface area contributed by atoms with E-state index in [1.165, 1.54) is 0 Å². The first-order valence-electron chi connectivity index (χ1n) is 4.13. The van der Waals surface area contributed by atoms with Crippen LogP contribution in [0.3, 0.4) is 0 Å². The molecule has 0 spiro atoms. The van der Waals surface area contributed by atoms with Crippen molar-refractivity contribution in [2.45, 2.75) is 25.4 Å². The number of carbonyl (C=O) groups is 1. The van der Waals surface area contributed by atoms with E-state index in [-0.39, 0.29) is 12.3 Å². The molecule has 0 radical (unpaired) electrons. The van der Waals surface area contributed by atoms with Crippen LogP contribution in [0, 0.1) is 5.92 Å². The van der Waals surface area contributed by atoms with E-state index in [2.05, 4.69) is 0 Å². The fourth-order valence-electron chi connectivity index (χ4n) is 1.40. The maximum absolute atomic E-state index is 13.1. The normalized spacial score (nSPS) is 31.1. The zero-order chi connectivity index (χ0) is 8.97. The fourth-order valence-corrected chi connectivity index (χ4v) is 1.40. The molecule has 0 bridgehead atoms. The Hall–Kier alpha value is -0.640. The van der Waals surface area contributed by atoms with Crippen molar-refractivity contribution in [3.05, 3.63) is 0 Å². The lowest BCUT2D eigenvalue weighted by Crippen LogP contribution is -2.19. The van der Waals surface area contributed by atoms with Crippen LogP contribution in [0.2, 0.25) is 0 Å². The van der Waals surface area contributed by atoms with Gasteiger partial charge in [-0.2, -0.15) is 0 Å². The van der Waals surface area contributed by atoms with E-state index < -0.39 is 12.1 Å². The van der Waals surface area contributed by atoms with E-state index in [1.807, 2.05) is 0 Å². The Bertz CT molecular complexity index is 160. The van der Waals surface area contributed by atoms with Crippen molar-refractivity contribution >= 4 is 5.97 Å². The van der Waals surface area contributed by atoms with Gasteiger partial charge < -0.3 is 9.84 Å². The van der Waals surface area contributed by atoms with Gasteiger partial charge in [-0.1, -0.05) is 0 Å². The minimum Gasteiger partial charge on any atom is -0.481 e. The van der Waals surface area contributed by atoms with Crippen LogP contribution in [0.5, 0.6) is 0 Å². The summed E-state index contributed by atoms with van der Waals surface area (Å²) < 4.78 is 18.2. The van der Waals surface area contributed by atoms with E-state index in [0.29, 0.717) is 26.1 Å². The molecule has 12 heavy (non-hydrogen) atoms. The average Bonchev–Trinajstić information content (AvgIpc) is 2.16. The molecule has 70 valence electrons. The molecule has 1 heterocycles. The SMILES string of the molecule is O=C(O)C[C@H]1CCOCC[C@H]1F. The molecule has 0 aromatic heterocycles. The topological polar surface area (TPSA) is 46.5 Å². The Morgan fingerprint density at radius 3 is 2.83 bits per heavy atom. The number of halogens is 1. The van der Waals surface area contributed by atoms with Crippen LogP contribution in [0.1, 0.15) is 19.3 Å². The average molecular weight is 176 g/mol. The molecule has 0 aromatic carbocycles. The van der Waals surface area contributed by atoms with E-state index in [9.17, 15) is 9.18 Å². The molecule has 1 N–H and O–H groups in total. The number of ether oxygens (including phenoxy) is 1. The third-order valence-corrected chi connectivity index (χ3v) is 2.12. The summed E-state index contributed by atoms with van der Waals surface area (Å²) in [5.74, 6) is -1.28. The molecule has 1 aliphatic heterocycles. The lowest BCUT2D eigenvalue weighted by molar-refractivity contribution is -0.138.